The molecule has 0 atom stereocenters. The largest absolute Gasteiger partial charge is 0.333 e. The van der Waals surface area contributed by atoms with E-state index in [4.69, 9.17) is 0 Å². The summed E-state index contributed by atoms with van der Waals surface area (Å²) in [5.74, 6) is -0.234. The van der Waals surface area contributed by atoms with E-state index >= 15 is 0 Å². The minimum Gasteiger partial charge on any atom is -0.268 e. The summed E-state index contributed by atoms with van der Waals surface area (Å²) in [6.45, 7) is -0.102. The fourth-order valence-electron chi connectivity index (χ4n) is 4.67. The van der Waals surface area contributed by atoms with E-state index in [1.807, 2.05) is 18.2 Å². The first-order valence-electron chi connectivity index (χ1n) is 11.2. The lowest BCUT2D eigenvalue weighted by molar-refractivity contribution is 0.0853. The number of hydrogen-bond donors (Lipinski definition) is 0. The molecule has 0 radical (unpaired) electrons. The number of carbonyl (C=O) groups is 1. The molecule has 5 rings (SSSR count). The summed E-state index contributed by atoms with van der Waals surface area (Å²) in [5.41, 5.74) is 2.59. The lowest BCUT2D eigenvalue weighted by Crippen LogP contribution is -2.39. The molecular formula is C26H25N3O3S. The highest BCUT2D eigenvalue weighted by atomic mass is 32.2. The molecule has 0 aliphatic heterocycles. The molecular weight excluding hydrogens is 434 g/mol. The van der Waals surface area contributed by atoms with Crippen molar-refractivity contribution in [2.45, 2.75) is 38.1 Å². The number of amides is 1. The van der Waals surface area contributed by atoms with Crippen LogP contribution in [0.4, 0.5) is 0 Å². The molecule has 2 aromatic heterocycles. The van der Waals surface area contributed by atoms with Gasteiger partial charge in [0.1, 0.15) is 0 Å². The Morgan fingerprint density at radius 2 is 1.70 bits per heavy atom. The third kappa shape index (κ3) is 4.04. The molecule has 7 heteroatoms. The summed E-state index contributed by atoms with van der Waals surface area (Å²) in [7, 11) is -4.21. The number of nitrogens with zero attached hydrogens (tertiary/aromatic N) is 3. The number of fused-ring (bicyclic) bond motifs is 1. The quantitative estimate of drug-likeness (QED) is 0.401. The van der Waals surface area contributed by atoms with E-state index in [0.29, 0.717) is 22.6 Å². The van der Waals surface area contributed by atoms with Crippen molar-refractivity contribution in [3.63, 3.8) is 0 Å². The lowest BCUT2D eigenvalue weighted by atomic mass is 9.97. The minimum absolute atomic E-state index is 0.102. The van der Waals surface area contributed by atoms with Crippen molar-refractivity contribution in [1.82, 2.24) is 13.3 Å². The molecule has 168 valence electrons. The average molecular weight is 460 g/mol. The standard InChI is InChI=1S/C26H25N3O3S/c30-26(22-12-2-1-3-13-22)29(18-20-9-8-16-27-17-20)33(31,32)28-19-24(21-10-4-5-11-21)23-14-6-7-15-25(23)28/h1-3,6-9,12-17,19,21H,4-5,10-11,18H2. The Balaban J connectivity index is 1.64. The fraction of sp³-hybridized carbons (Fsp3) is 0.231. The van der Waals surface area contributed by atoms with Crippen LogP contribution >= 0.6 is 0 Å². The smallest absolute Gasteiger partial charge is 0.268 e. The van der Waals surface area contributed by atoms with E-state index < -0.39 is 16.1 Å². The Bertz CT molecular complexity index is 1380. The molecule has 1 fully saturated rings. The van der Waals surface area contributed by atoms with Gasteiger partial charge < -0.3 is 0 Å². The van der Waals surface area contributed by atoms with Crippen molar-refractivity contribution in [3.8, 4) is 0 Å². The Morgan fingerprint density at radius 3 is 2.42 bits per heavy atom. The number of para-hydroxylation sites is 1. The summed E-state index contributed by atoms with van der Waals surface area (Å²) in [5, 5.41) is 0.932. The number of pyridine rings is 1. The maximum Gasteiger partial charge on any atom is 0.333 e. The Kier molecular flexibility index (Phi) is 5.72. The molecule has 0 N–H and O–H groups in total. The van der Waals surface area contributed by atoms with Crippen LogP contribution in [0.3, 0.4) is 0 Å². The highest BCUT2D eigenvalue weighted by molar-refractivity contribution is 7.88. The van der Waals surface area contributed by atoms with E-state index in [1.54, 1.807) is 67.1 Å². The van der Waals surface area contributed by atoms with E-state index in [0.717, 1.165) is 40.9 Å². The van der Waals surface area contributed by atoms with Gasteiger partial charge in [0, 0.05) is 29.5 Å². The van der Waals surface area contributed by atoms with Gasteiger partial charge in [-0.15, -0.1) is 0 Å². The highest BCUT2D eigenvalue weighted by Gasteiger charge is 2.33. The van der Waals surface area contributed by atoms with Gasteiger partial charge in [0.2, 0.25) is 0 Å². The second-order valence-corrected chi connectivity index (χ2v) is 10.2. The molecule has 1 amide bonds. The first kappa shape index (κ1) is 21.4. The van der Waals surface area contributed by atoms with Gasteiger partial charge in [-0.25, -0.2) is 8.28 Å². The Morgan fingerprint density at radius 1 is 0.970 bits per heavy atom. The van der Waals surface area contributed by atoms with E-state index in [2.05, 4.69) is 4.98 Å². The minimum atomic E-state index is -4.21. The SMILES string of the molecule is O=C(c1ccccc1)N(Cc1cccnc1)S(=O)(=O)n1cc(C2CCCC2)c2ccccc21. The molecule has 0 saturated heterocycles. The molecule has 0 unspecified atom stereocenters. The average Bonchev–Trinajstić information content (AvgIpc) is 3.51. The summed E-state index contributed by atoms with van der Waals surface area (Å²) >= 11 is 0. The first-order valence-corrected chi connectivity index (χ1v) is 12.6. The number of carbonyl (C=O) groups excluding carboxylic acids is 1. The van der Waals surface area contributed by atoms with Crippen LogP contribution < -0.4 is 0 Å². The Hall–Kier alpha value is -3.45. The van der Waals surface area contributed by atoms with Gasteiger partial charge in [-0.05, 0) is 54.2 Å². The van der Waals surface area contributed by atoms with Crippen molar-refractivity contribution in [2.24, 2.45) is 0 Å². The number of aromatic nitrogens is 2. The van der Waals surface area contributed by atoms with Crippen LogP contribution in [0.15, 0.2) is 85.3 Å². The van der Waals surface area contributed by atoms with Gasteiger partial charge in [-0.2, -0.15) is 8.42 Å². The second-order valence-electron chi connectivity index (χ2n) is 8.43. The lowest BCUT2D eigenvalue weighted by Gasteiger charge is -2.23. The van der Waals surface area contributed by atoms with E-state index in [-0.39, 0.29) is 6.54 Å². The zero-order chi connectivity index (χ0) is 22.8. The third-order valence-corrected chi connectivity index (χ3v) is 7.98. The summed E-state index contributed by atoms with van der Waals surface area (Å²) < 4.78 is 30.3. The maximum atomic E-state index is 14.0. The van der Waals surface area contributed by atoms with Gasteiger partial charge in [0.05, 0.1) is 12.1 Å². The van der Waals surface area contributed by atoms with Crippen molar-refractivity contribution >= 4 is 27.0 Å². The molecule has 1 saturated carbocycles. The van der Waals surface area contributed by atoms with Crippen molar-refractivity contribution < 1.29 is 13.2 Å². The predicted octanol–water partition coefficient (Wildman–Crippen LogP) is 5.13. The maximum absolute atomic E-state index is 14.0. The topological polar surface area (TPSA) is 72.3 Å². The number of hydrogen-bond acceptors (Lipinski definition) is 4. The van der Waals surface area contributed by atoms with Gasteiger partial charge in [0.15, 0.2) is 0 Å². The van der Waals surface area contributed by atoms with Crippen LogP contribution in [-0.2, 0) is 16.8 Å². The van der Waals surface area contributed by atoms with Crippen LogP contribution in [0.5, 0.6) is 0 Å². The highest BCUT2D eigenvalue weighted by Crippen LogP contribution is 2.39. The summed E-state index contributed by atoms with van der Waals surface area (Å²) in [6.07, 6.45) is 9.33. The monoisotopic (exact) mass is 459 g/mol. The van der Waals surface area contributed by atoms with E-state index in [1.165, 1.54) is 3.97 Å². The molecule has 2 heterocycles. The first-order chi connectivity index (χ1) is 16.1. The number of rotatable bonds is 6. The molecule has 2 aromatic carbocycles. The van der Waals surface area contributed by atoms with Gasteiger partial charge in [-0.3, -0.25) is 9.78 Å². The predicted molar refractivity (Wildman–Crippen MR) is 128 cm³/mol. The fourth-order valence-corrected chi connectivity index (χ4v) is 6.17. The zero-order valence-electron chi connectivity index (χ0n) is 18.2. The van der Waals surface area contributed by atoms with Crippen LogP contribution in [-0.4, -0.2) is 27.6 Å². The van der Waals surface area contributed by atoms with Crippen LogP contribution in [0.1, 0.15) is 53.1 Å². The van der Waals surface area contributed by atoms with Crippen molar-refractivity contribution in [1.29, 1.82) is 0 Å². The normalized spacial score (nSPS) is 14.5. The molecule has 4 aromatic rings. The molecule has 33 heavy (non-hydrogen) atoms. The molecule has 1 aliphatic rings. The van der Waals surface area contributed by atoms with Crippen molar-refractivity contribution in [3.05, 3.63) is 102 Å². The zero-order valence-corrected chi connectivity index (χ0v) is 19.0. The summed E-state index contributed by atoms with van der Waals surface area (Å²) in [6, 6.07) is 19.6. The molecule has 0 spiro atoms. The second kappa shape index (κ2) is 8.83. The Labute approximate surface area is 193 Å². The van der Waals surface area contributed by atoms with Gasteiger partial charge in [0.25, 0.3) is 5.91 Å². The van der Waals surface area contributed by atoms with Gasteiger partial charge in [-0.1, -0.05) is 55.3 Å². The van der Waals surface area contributed by atoms with Crippen molar-refractivity contribution in [2.75, 3.05) is 0 Å². The molecule has 6 nitrogen and oxygen atoms in total. The molecule has 1 aliphatic carbocycles. The third-order valence-electron chi connectivity index (χ3n) is 6.33. The number of benzene rings is 2. The van der Waals surface area contributed by atoms with Gasteiger partial charge >= 0.3 is 10.2 Å². The van der Waals surface area contributed by atoms with Crippen LogP contribution in [0.2, 0.25) is 0 Å². The summed E-state index contributed by atoms with van der Waals surface area (Å²) in [4.78, 5) is 17.6. The van der Waals surface area contributed by atoms with Crippen LogP contribution in [0, 0.1) is 0 Å². The van der Waals surface area contributed by atoms with Crippen LogP contribution in [0.25, 0.3) is 10.9 Å². The van der Waals surface area contributed by atoms with E-state index in [9.17, 15) is 13.2 Å². The molecule has 0 bridgehead atoms.